The van der Waals surface area contributed by atoms with Crippen LogP contribution in [-0.4, -0.2) is 21.8 Å². The first kappa shape index (κ1) is 12.2. The standard InChI is InChI=1S/C13H13ClN4O/c14-8-5-6-11-10(7-8)12(17-16-11)13(19)18-15-9-3-1-2-4-9/h5-7H,1-4H2,(H,16,17)(H,18,19). The molecule has 1 saturated carbocycles. The van der Waals surface area contributed by atoms with Gasteiger partial charge in [-0.3, -0.25) is 9.89 Å². The van der Waals surface area contributed by atoms with Crippen molar-refractivity contribution in [1.82, 2.24) is 15.6 Å². The number of nitrogens with one attached hydrogen (secondary N) is 2. The summed E-state index contributed by atoms with van der Waals surface area (Å²) in [5.74, 6) is -0.312. The summed E-state index contributed by atoms with van der Waals surface area (Å²) in [5.41, 5.74) is 4.71. The highest BCUT2D eigenvalue weighted by Crippen LogP contribution is 2.20. The number of aromatic nitrogens is 2. The van der Waals surface area contributed by atoms with Crippen molar-refractivity contribution in [3.05, 3.63) is 28.9 Å². The number of carbonyl (C=O) groups excluding carboxylic acids is 1. The van der Waals surface area contributed by atoms with Gasteiger partial charge in [0.2, 0.25) is 0 Å². The third-order valence-corrected chi connectivity index (χ3v) is 3.47. The monoisotopic (exact) mass is 276 g/mol. The first-order valence-corrected chi connectivity index (χ1v) is 6.61. The minimum atomic E-state index is -0.312. The van der Waals surface area contributed by atoms with Crippen molar-refractivity contribution >= 4 is 34.1 Å². The van der Waals surface area contributed by atoms with E-state index in [0.717, 1.165) is 36.9 Å². The third kappa shape index (κ3) is 2.46. The molecule has 1 aliphatic carbocycles. The number of rotatable bonds is 2. The van der Waals surface area contributed by atoms with Gasteiger partial charge in [0.05, 0.1) is 5.52 Å². The van der Waals surface area contributed by atoms with E-state index in [4.69, 9.17) is 11.6 Å². The van der Waals surface area contributed by atoms with E-state index in [2.05, 4.69) is 20.7 Å². The van der Waals surface area contributed by atoms with Gasteiger partial charge in [-0.25, -0.2) is 5.43 Å². The van der Waals surface area contributed by atoms with Gasteiger partial charge in [-0.1, -0.05) is 11.6 Å². The molecule has 19 heavy (non-hydrogen) atoms. The van der Waals surface area contributed by atoms with Gasteiger partial charge in [-0.2, -0.15) is 10.2 Å². The van der Waals surface area contributed by atoms with Gasteiger partial charge in [-0.15, -0.1) is 0 Å². The Labute approximate surface area is 115 Å². The molecule has 0 bridgehead atoms. The maximum atomic E-state index is 12.0. The van der Waals surface area contributed by atoms with Gasteiger partial charge in [0, 0.05) is 16.1 Å². The van der Waals surface area contributed by atoms with Gasteiger partial charge in [-0.05, 0) is 43.9 Å². The zero-order valence-electron chi connectivity index (χ0n) is 10.2. The smallest absolute Gasteiger partial charge is 0.277 e. The van der Waals surface area contributed by atoms with E-state index in [1.807, 2.05) is 0 Å². The van der Waals surface area contributed by atoms with Crippen molar-refractivity contribution in [1.29, 1.82) is 0 Å². The molecule has 1 aromatic carbocycles. The molecular weight excluding hydrogens is 264 g/mol. The van der Waals surface area contributed by atoms with Crippen LogP contribution in [0.5, 0.6) is 0 Å². The number of aromatic amines is 1. The summed E-state index contributed by atoms with van der Waals surface area (Å²) in [6, 6.07) is 5.27. The lowest BCUT2D eigenvalue weighted by Gasteiger charge is -1.99. The average Bonchev–Trinajstić information content (AvgIpc) is 3.04. The Morgan fingerprint density at radius 2 is 2.16 bits per heavy atom. The number of hydrogen-bond acceptors (Lipinski definition) is 3. The molecule has 98 valence electrons. The number of carbonyl (C=O) groups is 1. The van der Waals surface area contributed by atoms with Gasteiger partial charge in [0.25, 0.3) is 5.91 Å². The molecule has 0 radical (unpaired) electrons. The second-order valence-electron chi connectivity index (χ2n) is 4.59. The molecule has 1 aliphatic rings. The number of halogens is 1. The molecule has 0 saturated heterocycles. The van der Waals surface area contributed by atoms with Gasteiger partial charge in [0.1, 0.15) is 0 Å². The van der Waals surface area contributed by atoms with Crippen molar-refractivity contribution in [2.45, 2.75) is 25.7 Å². The minimum Gasteiger partial charge on any atom is -0.277 e. The Kier molecular flexibility index (Phi) is 3.21. The summed E-state index contributed by atoms with van der Waals surface area (Å²) in [6.45, 7) is 0. The van der Waals surface area contributed by atoms with E-state index in [0.29, 0.717) is 16.1 Å². The van der Waals surface area contributed by atoms with Crippen LogP contribution in [0.1, 0.15) is 36.2 Å². The summed E-state index contributed by atoms with van der Waals surface area (Å²) in [7, 11) is 0. The maximum Gasteiger partial charge on any atom is 0.292 e. The summed E-state index contributed by atoms with van der Waals surface area (Å²) in [6.07, 6.45) is 4.23. The van der Waals surface area contributed by atoms with E-state index in [1.54, 1.807) is 18.2 Å². The molecule has 0 unspecified atom stereocenters. The minimum absolute atomic E-state index is 0.312. The zero-order valence-corrected chi connectivity index (χ0v) is 11.0. The number of nitrogens with zero attached hydrogens (tertiary/aromatic N) is 2. The van der Waals surface area contributed by atoms with Crippen LogP contribution in [-0.2, 0) is 0 Å². The SMILES string of the molecule is O=C(NN=C1CCCC1)c1n[nH]c2ccc(Cl)cc12. The van der Waals surface area contributed by atoms with E-state index in [1.165, 1.54) is 0 Å². The molecule has 2 N–H and O–H groups in total. The first-order valence-electron chi connectivity index (χ1n) is 6.23. The van der Waals surface area contributed by atoms with Crippen LogP contribution in [0.2, 0.25) is 5.02 Å². The summed E-state index contributed by atoms with van der Waals surface area (Å²) in [5, 5.41) is 12.2. The predicted molar refractivity (Wildman–Crippen MR) is 74.5 cm³/mol. The van der Waals surface area contributed by atoms with E-state index in [9.17, 15) is 4.79 Å². The summed E-state index contributed by atoms with van der Waals surface area (Å²) in [4.78, 5) is 12.0. The normalized spacial score (nSPS) is 14.9. The molecule has 1 heterocycles. The van der Waals surface area contributed by atoms with Crippen molar-refractivity contribution in [2.24, 2.45) is 5.10 Å². The lowest BCUT2D eigenvalue weighted by Crippen LogP contribution is -2.19. The molecule has 3 rings (SSSR count). The maximum absolute atomic E-state index is 12.0. The molecule has 1 fully saturated rings. The van der Waals surface area contributed by atoms with Crippen molar-refractivity contribution in [3.63, 3.8) is 0 Å². The van der Waals surface area contributed by atoms with Crippen LogP contribution >= 0.6 is 11.6 Å². The topological polar surface area (TPSA) is 70.1 Å². The zero-order chi connectivity index (χ0) is 13.2. The summed E-state index contributed by atoms with van der Waals surface area (Å²) < 4.78 is 0. The Hall–Kier alpha value is -1.88. The fourth-order valence-corrected chi connectivity index (χ4v) is 2.41. The van der Waals surface area contributed by atoms with Crippen molar-refractivity contribution < 1.29 is 4.79 Å². The largest absolute Gasteiger partial charge is 0.292 e. The average molecular weight is 277 g/mol. The van der Waals surface area contributed by atoms with Gasteiger partial charge in [0.15, 0.2) is 5.69 Å². The molecular formula is C13H13ClN4O. The Morgan fingerprint density at radius 3 is 2.95 bits per heavy atom. The van der Waals surface area contributed by atoms with E-state index >= 15 is 0 Å². The second kappa shape index (κ2) is 5.01. The molecule has 0 aliphatic heterocycles. The Balaban J connectivity index is 1.85. The van der Waals surface area contributed by atoms with Crippen LogP contribution in [0.3, 0.4) is 0 Å². The fourth-order valence-electron chi connectivity index (χ4n) is 2.24. The van der Waals surface area contributed by atoms with Crippen LogP contribution in [0, 0.1) is 0 Å². The van der Waals surface area contributed by atoms with E-state index < -0.39 is 0 Å². The van der Waals surface area contributed by atoms with Gasteiger partial charge >= 0.3 is 0 Å². The molecule has 5 nitrogen and oxygen atoms in total. The number of amides is 1. The lowest BCUT2D eigenvalue weighted by molar-refractivity contribution is 0.0951. The highest BCUT2D eigenvalue weighted by Gasteiger charge is 2.15. The fraction of sp³-hybridized carbons (Fsp3) is 0.308. The molecule has 0 atom stereocenters. The van der Waals surface area contributed by atoms with Crippen molar-refractivity contribution in [2.75, 3.05) is 0 Å². The number of benzene rings is 1. The quantitative estimate of drug-likeness (QED) is 0.828. The number of fused-ring (bicyclic) bond motifs is 1. The van der Waals surface area contributed by atoms with Crippen LogP contribution in [0.15, 0.2) is 23.3 Å². The van der Waals surface area contributed by atoms with Crippen molar-refractivity contribution in [3.8, 4) is 0 Å². The molecule has 0 spiro atoms. The highest BCUT2D eigenvalue weighted by atomic mass is 35.5. The van der Waals surface area contributed by atoms with Crippen LogP contribution in [0.4, 0.5) is 0 Å². The van der Waals surface area contributed by atoms with E-state index in [-0.39, 0.29) is 5.91 Å². The lowest BCUT2D eigenvalue weighted by atomic mass is 10.2. The molecule has 6 heteroatoms. The number of hydrogen-bond donors (Lipinski definition) is 2. The first-order chi connectivity index (χ1) is 9.24. The Bertz CT molecular complexity index is 654. The second-order valence-corrected chi connectivity index (χ2v) is 5.02. The highest BCUT2D eigenvalue weighted by molar-refractivity contribution is 6.31. The molecule has 1 amide bonds. The van der Waals surface area contributed by atoms with Gasteiger partial charge < -0.3 is 0 Å². The molecule has 1 aromatic heterocycles. The third-order valence-electron chi connectivity index (χ3n) is 3.24. The molecule has 2 aromatic rings. The Morgan fingerprint density at radius 1 is 1.37 bits per heavy atom. The summed E-state index contributed by atoms with van der Waals surface area (Å²) >= 11 is 5.93. The van der Waals surface area contributed by atoms with Crippen LogP contribution < -0.4 is 5.43 Å². The predicted octanol–water partition coefficient (Wildman–Crippen LogP) is 2.88. The van der Waals surface area contributed by atoms with Crippen LogP contribution in [0.25, 0.3) is 10.9 Å². The number of H-pyrrole nitrogens is 1. The number of hydrazone groups is 1.